The van der Waals surface area contributed by atoms with E-state index in [2.05, 4.69) is 5.32 Å². The molecule has 3 rings (SSSR count). The Morgan fingerprint density at radius 2 is 1.96 bits per heavy atom. The lowest BCUT2D eigenvalue weighted by Crippen LogP contribution is -2.44. The first-order valence-corrected chi connectivity index (χ1v) is 8.67. The molecule has 0 spiro atoms. The molecule has 2 heterocycles. The maximum atomic E-state index is 13.1. The van der Waals surface area contributed by atoms with E-state index in [4.69, 9.17) is 0 Å². The van der Waals surface area contributed by atoms with Gasteiger partial charge in [-0.1, -0.05) is 18.2 Å². The summed E-state index contributed by atoms with van der Waals surface area (Å²) in [6.07, 6.45) is -2.17. The number of carbonyl (C=O) groups is 2. The highest BCUT2D eigenvalue weighted by molar-refractivity contribution is 5.85. The first kappa shape index (κ1) is 18.7. The molecule has 2 saturated heterocycles. The molecule has 2 bridgehead atoms. The number of alkyl halides is 3. The third-order valence-corrected chi connectivity index (χ3v) is 5.03. The maximum absolute atomic E-state index is 13.1. The zero-order chi connectivity index (χ0) is 18.9. The highest BCUT2D eigenvalue weighted by atomic mass is 19.4. The van der Waals surface area contributed by atoms with E-state index in [9.17, 15) is 22.8 Å². The van der Waals surface area contributed by atoms with Gasteiger partial charge < -0.3 is 15.1 Å². The van der Waals surface area contributed by atoms with Gasteiger partial charge in [0.2, 0.25) is 11.8 Å². The Morgan fingerprint density at radius 3 is 2.69 bits per heavy atom. The van der Waals surface area contributed by atoms with E-state index in [-0.39, 0.29) is 42.6 Å². The van der Waals surface area contributed by atoms with E-state index in [0.29, 0.717) is 13.0 Å². The summed E-state index contributed by atoms with van der Waals surface area (Å²) >= 11 is 0. The summed E-state index contributed by atoms with van der Waals surface area (Å²) in [7, 11) is 1.46. The van der Waals surface area contributed by atoms with Gasteiger partial charge in [0.1, 0.15) is 0 Å². The second-order valence-electron chi connectivity index (χ2n) is 7.02. The molecule has 142 valence electrons. The Morgan fingerprint density at radius 1 is 1.27 bits per heavy atom. The van der Waals surface area contributed by atoms with E-state index < -0.39 is 11.7 Å². The fourth-order valence-corrected chi connectivity index (χ4v) is 3.63. The van der Waals surface area contributed by atoms with Gasteiger partial charge in [-0.3, -0.25) is 9.59 Å². The van der Waals surface area contributed by atoms with Crippen molar-refractivity contribution in [1.82, 2.24) is 15.1 Å². The summed E-state index contributed by atoms with van der Waals surface area (Å²) in [4.78, 5) is 27.5. The molecule has 2 amide bonds. The molecule has 1 aromatic rings. The number of nitrogens with one attached hydrogen (secondary N) is 1. The van der Waals surface area contributed by atoms with Crippen LogP contribution in [0.15, 0.2) is 24.3 Å². The van der Waals surface area contributed by atoms with Gasteiger partial charge in [-0.2, -0.15) is 13.2 Å². The fourth-order valence-electron chi connectivity index (χ4n) is 3.63. The zero-order valence-electron chi connectivity index (χ0n) is 14.6. The lowest BCUT2D eigenvalue weighted by molar-refractivity contribution is -0.141. The number of fused-ring (bicyclic) bond motifs is 2. The molecular formula is C18H22F3N3O2. The van der Waals surface area contributed by atoms with Crippen LogP contribution in [0.4, 0.5) is 13.2 Å². The summed E-state index contributed by atoms with van der Waals surface area (Å²) in [5, 5.41) is 3.37. The van der Waals surface area contributed by atoms with Crippen molar-refractivity contribution < 1.29 is 22.8 Å². The molecular weight excluding hydrogens is 347 g/mol. The molecule has 0 saturated carbocycles. The van der Waals surface area contributed by atoms with Crippen molar-refractivity contribution in [3.05, 3.63) is 35.4 Å². The van der Waals surface area contributed by atoms with E-state index in [1.807, 2.05) is 0 Å². The molecule has 2 aliphatic rings. The molecule has 0 aromatic heterocycles. The minimum absolute atomic E-state index is 0.0405. The minimum atomic E-state index is -4.47. The molecule has 0 aliphatic carbocycles. The highest BCUT2D eigenvalue weighted by Gasteiger charge is 2.35. The largest absolute Gasteiger partial charge is 0.416 e. The molecule has 2 atom stereocenters. The molecule has 1 aromatic carbocycles. The number of hydrogen-bond donors (Lipinski definition) is 1. The van der Waals surface area contributed by atoms with Crippen LogP contribution in [0.1, 0.15) is 30.4 Å². The number of nitrogens with zero attached hydrogens (tertiary/aromatic N) is 2. The average molecular weight is 369 g/mol. The van der Waals surface area contributed by atoms with Gasteiger partial charge in [0, 0.05) is 38.6 Å². The standard InChI is InChI=1S/C18H22F3N3O2/c1-23(9-12-4-2-3-5-15(12)18(19,20)21)17(26)11-24-10-14-7-6-13(22-14)8-16(24)25/h2-5,13-14,22H,6-11H2,1H3/t13-,14+/m1/s1. The molecule has 2 aliphatic heterocycles. The molecule has 5 nitrogen and oxygen atoms in total. The van der Waals surface area contributed by atoms with Gasteiger partial charge in [-0.05, 0) is 24.5 Å². The Bertz CT molecular complexity index is 693. The molecule has 0 unspecified atom stereocenters. The Hall–Kier alpha value is -2.09. The van der Waals surface area contributed by atoms with E-state index >= 15 is 0 Å². The number of rotatable bonds is 4. The highest BCUT2D eigenvalue weighted by Crippen LogP contribution is 2.32. The smallest absolute Gasteiger partial charge is 0.340 e. The molecule has 8 heteroatoms. The van der Waals surface area contributed by atoms with Crippen molar-refractivity contribution >= 4 is 11.8 Å². The third-order valence-electron chi connectivity index (χ3n) is 5.03. The number of hydrogen-bond acceptors (Lipinski definition) is 3. The quantitative estimate of drug-likeness (QED) is 0.884. The SMILES string of the molecule is CN(Cc1ccccc1C(F)(F)F)C(=O)CN1C[C@@H]2CC[C@H](CC1=O)N2. The van der Waals surface area contributed by atoms with Gasteiger partial charge in [0.15, 0.2) is 0 Å². The number of likely N-dealkylation sites (tertiary alicyclic amines) is 1. The lowest BCUT2D eigenvalue weighted by Gasteiger charge is -2.27. The second-order valence-corrected chi connectivity index (χ2v) is 7.02. The minimum Gasteiger partial charge on any atom is -0.340 e. The van der Waals surface area contributed by atoms with Gasteiger partial charge in [-0.25, -0.2) is 0 Å². The summed E-state index contributed by atoms with van der Waals surface area (Å²) < 4.78 is 39.3. The predicted molar refractivity (Wildman–Crippen MR) is 89.1 cm³/mol. The van der Waals surface area contributed by atoms with Crippen LogP contribution in [0.2, 0.25) is 0 Å². The maximum Gasteiger partial charge on any atom is 0.416 e. The number of halogens is 3. The topological polar surface area (TPSA) is 52.7 Å². The van der Waals surface area contributed by atoms with Crippen LogP contribution < -0.4 is 5.32 Å². The third kappa shape index (κ3) is 4.17. The predicted octanol–water partition coefficient (Wildman–Crippen LogP) is 2.02. The number of likely N-dealkylation sites (N-methyl/N-ethyl adjacent to an activating group) is 1. The molecule has 26 heavy (non-hydrogen) atoms. The van der Waals surface area contributed by atoms with Crippen LogP contribution in [-0.4, -0.2) is 53.8 Å². The van der Waals surface area contributed by atoms with Crippen LogP contribution in [0.25, 0.3) is 0 Å². The van der Waals surface area contributed by atoms with E-state index in [0.717, 1.165) is 18.9 Å². The van der Waals surface area contributed by atoms with E-state index in [1.165, 1.54) is 35.0 Å². The van der Waals surface area contributed by atoms with Crippen LogP contribution >= 0.6 is 0 Å². The molecule has 0 radical (unpaired) electrons. The van der Waals surface area contributed by atoms with Crippen molar-refractivity contribution in [2.24, 2.45) is 0 Å². The second kappa shape index (κ2) is 7.26. The monoisotopic (exact) mass is 369 g/mol. The molecule has 1 N–H and O–H groups in total. The van der Waals surface area contributed by atoms with Crippen LogP contribution in [-0.2, 0) is 22.3 Å². The van der Waals surface area contributed by atoms with Crippen molar-refractivity contribution in [1.29, 1.82) is 0 Å². The summed E-state index contributed by atoms with van der Waals surface area (Å²) in [5.41, 5.74) is -0.703. The summed E-state index contributed by atoms with van der Waals surface area (Å²) in [6, 6.07) is 5.58. The summed E-state index contributed by atoms with van der Waals surface area (Å²) in [5.74, 6) is -0.449. The first-order chi connectivity index (χ1) is 12.2. The Labute approximate surface area is 150 Å². The van der Waals surface area contributed by atoms with Crippen LogP contribution in [0.5, 0.6) is 0 Å². The van der Waals surface area contributed by atoms with Crippen molar-refractivity contribution in [2.45, 2.75) is 44.1 Å². The van der Waals surface area contributed by atoms with Gasteiger partial charge in [0.25, 0.3) is 0 Å². The average Bonchev–Trinajstić information content (AvgIpc) is 2.93. The van der Waals surface area contributed by atoms with Gasteiger partial charge >= 0.3 is 6.18 Å². The first-order valence-electron chi connectivity index (χ1n) is 8.67. The number of amides is 2. The number of carbonyl (C=O) groups excluding carboxylic acids is 2. The van der Waals surface area contributed by atoms with Gasteiger partial charge in [0.05, 0.1) is 12.1 Å². The summed E-state index contributed by atoms with van der Waals surface area (Å²) in [6.45, 7) is 0.212. The normalized spacial score (nSPS) is 23.1. The number of benzene rings is 1. The van der Waals surface area contributed by atoms with Crippen molar-refractivity contribution in [3.8, 4) is 0 Å². The van der Waals surface area contributed by atoms with Crippen LogP contribution in [0.3, 0.4) is 0 Å². The Kier molecular flexibility index (Phi) is 5.22. The molecule has 2 fully saturated rings. The van der Waals surface area contributed by atoms with E-state index in [1.54, 1.807) is 0 Å². The van der Waals surface area contributed by atoms with Crippen LogP contribution in [0, 0.1) is 0 Å². The lowest BCUT2D eigenvalue weighted by atomic mass is 10.1. The fraction of sp³-hybridized carbons (Fsp3) is 0.556. The van der Waals surface area contributed by atoms with Crippen molar-refractivity contribution in [2.75, 3.05) is 20.1 Å². The zero-order valence-corrected chi connectivity index (χ0v) is 14.6. The van der Waals surface area contributed by atoms with Gasteiger partial charge in [-0.15, -0.1) is 0 Å². The Balaban J connectivity index is 1.64. The van der Waals surface area contributed by atoms with Crippen molar-refractivity contribution in [3.63, 3.8) is 0 Å².